The molecular weight excluding hydrogens is 252 g/mol. The van der Waals surface area contributed by atoms with Crippen LogP contribution in [0.2, 0.25) is 0 Å². The fraction of sp³-hybridized carbons (Fsp3) is 0.917. The molecule has 1 unspecified atom stereocenters. The smallest absolute Gasteiger partial charge is 0.237 e. The fourth-order valence-corrected chi connectivity index (χ4v) is 3.67. The number of hydrogen-bond acceptors (Lipinski definition) is 4. The van der Waals surface area contributed by atoms with Gasteiger partial charge in [-0.05, 0) is 25.2 Å². The Kier molecular flexibility index (Phi) is 4.27. The first-order chi connectivity index (χ1) is 8.47. The van der Waals surface area contributed by atoms with E-state index in [4.69, 9.17) is 0 Å². The van der Waals surface area contributed by atoms with Gasteiger partial charge < -0.3 is 4.90 Å². The van der Waals surface area contributed by atoms with Crippen LogP contribution in [-0.4, -0.2) is 50.5 Å². The molecule has 1 amide bonds. The lowest BCUT2D eigenvalue weighted by Crippen LogP contribution is -2.43. The first kappa shape index (κ1) is 13.8. The maximum atomic E-state index is 11.8. The van der Waals surface area contributed by atoms with E-state index in [2.05, 4.69) is 5.32 Å². The van der Waals surface area contributed by atoms with Gasteiger partial charge in [0.1, 0.15) is 9.84 Å². The Morgan fingerprint density at radius 1 is 1.33 bits per heavy atom. The van der Waals surface area contributed by atoms with Crippen molar-refractivity contribution in [2.45, 2.75) is 38.3 Å². The summed E-state index contributed by atoms with van der Waals surface area (Å²) in [4.78, 5) is 13.7. The van der Waals surface area contributed by atoms with Gasteiger partial charge in [-0.1, -0.05) is 12.8 Å². The molecule has 2 fully saturated rings. The van der Waals surface area contributed by atoms with E-state index < -0.39 is 9.84 Å². The zero-order chi connectivity index (χ0) is 13.2. The summed E-state index contributed by atoms with van der Waals surface area (Å²) in [6, 6.07) is 0. The Morgan fingerprint density at radius 2 is 2.00 bits per heavy atom. The number of amides is 1. The van der Waals surface area contributed by atoms with Crippen molar-refractivity contribution in [1.82, 2.24) is 10.2 Å². The molecule has 5 nitrogen and oxygen atoms in total. The molecule has 0 aromatic rings. The molecule has 1 saturated heterocycles. The van der Waals surface area contributed by atoms with Gasteiger partial charge in [0.2, 0.25) is 5.91 Å². The molecule has 6 heteroatoms. The summed E-state index contributed by atoms with van der Waals surface area (Å²) >= 11 is 0. The number of carbonyl (C=O) groups is 1. The quantitative estimate of drug-likeness (QED) is 0.786. The van der Waals surface area contributed by atoms with Gasteiger partial charge in [-0.2, -0.15) is 0 Å². The molecule has 1 N–H and O–H groups in total. The third-order valence-electron chi connectivity index (χ3n) is 3.88. The highest BCUT2D eigenvalue weighted by Gasteiger charge is 2.36. The van der Waals surface area contributed by atoms with E-state index in [-0.39, 0.29) is 17.8 Å². The lowest BCUT2D eigenvalue weighted by molar-refractivity contribution is -0.128. The Hall–Kier alpha value is -0.620. The molecule has 0 bridgehead atoms. The van der Waals surface area contributed by atoms with E-state index >= 15 is 0 Å². The second kappa shape index (κ2) is 5.57. The van der Waals surface area contributed by atoms with Gasteiger partial charge >= 0.3 is 0 Å². The van der Waals surface area contributed by atoms with Crippen LogP contribution in [0.15, 0.2) is 0 Å². The largest absolute Gasteiger partial charge is 0.326 e. The molecule has 0 spiro atoms. The lowest BCUT2D eigenvalue weighted by Gasteiger charge is -2.29. The molecule has 18 heavy (non-hydrogen) atoms. The Bertz CT molecular complexity index is 402. The summed E-state index contributed by atoms with van der Waals surface area (Å²) in [5.74, 6) is 0.823. The standard InChI is InChI=1S/C12H22N2O3S/c1-18(16,17)8-4-7-14-11(15)9-13-12(14)10-5-2-3-6-10/h10,12-13H,2-9H2,1H3. The minimum absolute atomic E-state index is 0.111. The van der Waals surface area contributed by atoms with Crippen molar-refractivity contribution in [3.63, 3.8) is 0 Å². The Labute approximate surface area is 109 Å². The van der Waals surface area contributed by atoms with E-state index in [1.165, 1.54) is 31.9 Å². The third kappa shape index (κ3) is 3.45. The van der Waals surface area contributed by atoms with Crippen molar-refractivity contribution in [3.8, 4) is 0 Å². The zero-order valence-electron chi connectivity index (χ0n) is 10.9. The van der Waals surface area contributed by atoms with Gasteiger partial charge in [0.25, 0.3) is 0 Å². The molecule has 2 aliphatic rings. The van der Waals surface area contributed by atoms with Crippen molar-refractivity contribution < 1.29 is 13.2 Å². The zero-order valence-corrected chi connectivity index (χ0v) is 11.7. The average molecular weight is 274 g/mol. The highest BCUT2D eigenvalue weighted by Crippen LogP contribution is 2.30. The second-order valence-corrected chi connectivity index (χ2v) is 7.70. The first-order valence-electron chi connectivity index (χ1n) is 6.68. The van der Waals surface area contributed by atoms with E-state index in [9.17, 15) is 13.2 Å². The molecule has 1 saturated carbocycles. The van der Waals surface area contributed by atoms with Crippen LogP contribution in [0.4, 0.5) is 0 Å². The Morgan fingerprint density at radius 3 is 2.61 bits per heavy atom. The van der Waals surface area contributed by atoms with Crippen LogP contribution in [0.25, 0.3) is 0 Å². The molecule has 104 valence electrons. The van der Waals surface area contributed by atoms with Crippen LogP contribution < -0.4 is 5.32 Å². The molecule has 1 atom stereocenters. The third-order valence-corrected chi connectivity index (χ3v) is 4.91. The van der Waals surface area contributed by atoms with Gasteiger partial charge in [0.05, 0.1) is 18.5 Å². The summed E-state index contributed by atoms with van der Waals surface area (Å²) < 4.78 is 22.2. The van der Waals surface area contributed by atoms with Gasteiger partial charge in [0, 0.05) is 12.8 Å². The van der Waals surface area contributed by atoms with Gasteiger partial charge in [0.15, 0.2) is 0 Å². The number of hydrogen-bond donors (Lipinski definition) is 1. The number of sulfone groups is 1. The topological polar surface area (TPSA) is 66.5 Å². The normalized spacial score (nSPS) is 26.2. The highest BCUT2D eigenvalue weighted by molar-refractivity contribution is 7.90. The molecule has 2 rings (SSSR count). The minimum Gasteiger partial charge on any atom is -0.326 e. The van der Waals surface area contributed by atoms with Crippen molar-refractivity contribution in [3.05, 3.63) is 0 Å². The predicted molar refractivity (Wildman–Crippen MR) is 69.8 cm³/mol. The number of carbonyl (C=O) groups excluding carboxylic acids is 1. The van der Waals surface area contributed by atoms with E-state index in [0.717, 1.165) is 0 Å². The van der Waals surface area contributed by atoms with Crippen LogP contribution in [-0.2, 0) is 14.6 Å². The van der Waals surface area contributed by atoms with Crippen LogP contribution in [0.3, 0.4) is 0 Å². The SMILES string of the molecule is CS(=O)(=O)CCCN1C(=O)CNC1C1CCCC1. The maximum Gasteiger partial charge on any atom is 0.237 e. The molecule has 0 aromatic heterocycles. The van der Waals surface area contributed by atoms with Gasteiger partial charge in [-0.3, -0.25) is 10.1 Å². The Balaban J connectivity index is 1.89. The van der Waals surface area contributed by atoms with E-state index in [1.54, 1.807) is 0 Å². The van der Waals surface area contributed by atoms with Crippen molar-refractivity contribution >= 4 is 15.7 Å². The molecular formula is C12H22N2O3S. The summed E-state index contributed by atoms with van der Waals surface area (Å²) in [6.07, 6.45) is 6.75. The van der Waals surface area contributed by atoms with Gasteiger partial charge in [-0.25, -0.2) is 8.42 Å². The van der Waals surface area contributed by atoms with Crippen LogP contribution in [0.5, 0.6) is 0 Å². The predicted octanol–water partition coefficient (Wildman–Crippen LogP) is 0.369. The highest BCUT2D eigenvalue weighted by atomic mass is 32.2. The first-order valence-corrected chi connectivity index (χ1v) is 8.74. The number of nitrogens with zero attached hydrogens (tertiary/aromatic N) is 1. The fourth-order valence-electron chi connectivity index (χ4n) is 3.01. The summed E-state index contributed by atoms with van der Waals surface area (Å²) in [7, 11) is -2.93. The van der Waals surface area contributed by atoms with Crippen LogP contribution >= 0.6 is 0 Å². The molecule has 1 aliphatic heterocycles. The van der Waals surface area contributed by atoms with Crippen molar-refractivity contribution in [2.75, 3.05) is 25.1 Å². The van der Waals surface area contributed by atoms with E-state index in [1.807, 2.05) is 4.90 Å². The summed E-state index contributed by atoms with van der Waals surface area (Å²) in [5, 5.41) is 3.27. The van der Waals surface area contributed by atoms with Crippen molar-refractivity contribution in [2.24, 2.45) is 5.92 Å². The molecule has 1 heterocycles. The second-order valence-electron chi connectivity index (χ2n) is 5.44. The maximum absolute atomic E-state index is 11.8. The van der Waals surface area contributed by atoms with Crippen molar-refractivity contribution in [1.29, 1.82) is 0 Å². The lowest BCUT2D eigenvalue weighted by atomic mass is 10.0. The monoisotopic (exact) mass is 274 g/mol. The van der Waals surface area contributed by atoms with Crippen LogP contribution in [0, 0.1) is 5.92 Å². The minimum atomic E-state index is -2.93. The van der Waals surface area contributed by atoms with E-state index in [0.29, 0.717) is 25.4 Å². The number of nitrogens with one attached hydrogen (secondary N) is 1. The molecule has 1 aliphatic carbocycles. The van der Waals surface area contributed by atoms with Crippen LogP contribution in [0.1, 0.15) is 32.1 Å². The molecule has 0 radical (unpaired) electrons. The average Bonchev–Trinajstić information content (AvgIpc) is 2.87. The number of rotatable bonds is 5. The summed E-state index contributed by atoms with van der Waals surface area (Å²) in [6.45, 7) is 0.958. The van der Waals surface area contributed by atoms with Gasteiger partial charge in [-0.15, -0.1) is 0 Å². The summed E-state index contributed by atoms with van der Waals surface area (Å²) in [5.41, 5.74) is 0. The molecule has 0 aromatic carbocycles.